The van der Waals surface area contributed by atoms with Crippen LogP contribution in [0.2, 0.25) is 0 Å². The summed E-state index contributed by atoms with van der Waals surface area (Å²) in [6.07, 6.45) is 4.09. The van der Waals surface area contributed by atoms with E-state index in [-0.39, 0.29) is 23.8 Å². The highest BCUT2D eigenvalue weighted by Gasteiger charge is 2.31. The van der Waals surface area contributed by atoms with Gasteiger partial charge >= 0.3 is 0 Å². The predicted molar refractivity (Wildman–Crippen MR) is 99.5 cm³/mol. The van der Waals surface area contributed by atoms with Crippen LogP contribution in [0.1, 0.15) is 29.0 Å². The number of carbonyl (C=O) groups is 1. The number of nitrogens with one attached hydrogen (secondary N) is 1. The van der Waals surface area contributed by atoms with E-state index < -0.39 is 0 Å². The van der Waals surface area contributed by atoms with Gasteiger partial charge in [-0.15, -0.1) is 11.8 Å². The first-order chi connectivity index (χ1) is 12.1. The van der Waals surface area contributed by atoms with Crippen molar-refractivity contribution in [3.05, 3.63) is 69.6 Å². The average Bonchev–Trinajstić information content (AvgIpc) is 2.62. The third kappa shape index (κ3) is 2.62. The summed E-state index contributed by atoms with van der Waals surface area (Å²) < 4.78 is 1.80. The molecule has 1 amide bonds. The van der Waals surface area contributed by atoms with Crippen LogP contribution in [0.5, 0.6) is 0 Å². The molecule has 1 aliphatic heterocycles. The maximum absolute atomic E-state index is 12.8. The second-order valence-corrected chi connectivity index (χ2v) is 7.02. The Morgan fingerprint density at radius 1 is 1.20 bits per heavy atom. The number of carbonyl (C=O) groups excluding carboxylic acids is 1. The molecule has 6 heteroatoms. The number of hydrogen-bond donors (Lipinski definition) is 1. The lowest BCUT2D eigenvalue weighted by Crippen LogP contribution is -2.32. The molecule has 2 aromatic heterocycles. The fourth-order valence-electron chi connectivity index (χ4n) is 3.35. The van der Waals surface area contributed by atoms with E-state index in [0.29, 0.717) is 17.0 Å². The van der Waals surface area contributed by atoms with E-state index >= 15 is 0 Å². The Kier molecular flexibility index (Phi) is 3.84. The zero-order valence-electron chi connectivity index (χ0n) is 13.9. The van der Waals surface area contributed by atoms with E-state index in [9.17, 15) is 9.59 Å². The van der Waals surface area contributed by atoms with Crippen LogP contribution in [0.4, 0.5) is 5.82 Å². The van der Waals surface area contributed by atoms with Gasteiger partial charge in [-0.25, -0.2) is 0 Å². The van der Waals surface area contributed by atoms with E-state index in [1.807, 2.05) is 55.8 Å². The molecule has 1 aromatic carbocycles. The smallest absolute Gasteiger partial charge is 0.279 e. The summed E-state index contributed by atoms with van der Waals surface area (Å²) in [7, 11) is 0. The number of aryl methyl sites for hydroxylation is 1. The second-order valence-electron chi connectivity index (χ2n) is 6.14. The van der Waals surface area contributed by atoms with Crippen molar-refractivity contribution in [2.24, 2.45) is 0 Å². The monoisotopic (exact) mass is 351 g/mol. The molecule has 0 bridgehead atoms. The molecule has 5 nitrogen and oxygen atoms in total. The molecule has 1 aliphatic rings. The Hall–Kier alpha value is -2.60. The number of benzene rings is 1. The molecule has 0 saturated heterocycles. The van der Waals surface area contributed by atoms with Crippen molar-refractivity contribution in [3.8, 4) is 0 Å². The molecular weight excluding hydrogens is 334 g/mol. The largest absolute Gasteiger partial charge is 0.311 e. The number of aromatic nitrogens is 2. The lowest BCUT2D eigenvalue weighted by molar-refractivity contribution is -0.116. The first-order valence-corrected chi connectivity index (χ1v) is 9.26. The Morgan fingerprint density at radius 2 is 1.96 bits per heavy atom. The normalized spacial score (nSPS) is 16.6. The van der Waals surface area contributed by atoms with Gasteiger partial charge in [0.2, 0.25) is 5.91 Å². The first kappa shape index (κ1) is 15.9. The van der Waals surface area contributed by atoms with Gasteiger partial charge < -0.3 is 5.32 Å². The van der Waals surface area contributed by atoms with Crippen molar-refractivity contribution in [2.45, 2.75) is 24.2 Å². The van der Waals surface area contributed by atoms with Gasteiger partial charge in [0.05, 0.1) is 5.56 Å². The van der Waals surface area contributed by atoms with Gasteiger partial charge in [-0.05, 0) is 42.5 Å². The standard InChI is InChI=1S/C19H17N3O2S/c1-11-4-3-9-22-17(11)21-19(24)16-14(10-15(23)20-18(16)22)12-5-7-13(25-2)8-6-12/h3-9,14H,10H2,1-2H3,(H,20,23)/t14-/m1/s1. The van der Waals surface area contributed by atoms with Crippen LogP contribution in [0.25, 0.3) is 5.65 Å². The van der Waals surface area contributed by atoms with Crippen molar-refractivity contribution in [3.63, 3.8) is 0 Å². The van der Waals surface area contributed by atoms with Crippen molar-refractivity contribution >= 4 is 29.1 Å². The van der Waals surface area contributed by atoms with Crippen molar-refractivity contribution in [1.82, 2.24) is 9.38 Å². The molecule has 0 spiro atoms. The minimum absolute atomic E-state index is 0.0904. The van der Waals surface area contributed by atoms with Gasteiger partial charge in [0.25, 0.3) is 5.56 Å². The van der Waals surface area contributed by atoms with E-state index in [0.717, 1.165) is 16.0 Å². The molecule has 126 valence electrons. The van der Waals surface area contributed by atoms with Gasteiger partial charge in [-0.1, -0.05) is 18.2 Å². The van der Waals surface area contributed by atoms with E-state index in [1.54, 1.807) is 16.2 Å². The summed E-state index contributed by atoms with van der Waals surface area (Å²) in [6.45, 7) is 1.90. The van der Waals surface area contributed by atoms with E-state index in [1.165, 1.54) is 0 Å². The highest BCUT2D eigenvalue weighted by Crippen LogP contribution is 2.35. The van der Waals surface area contributed by atoms with Crippen LogP contribution in [-0.4, -0.2) is 21.5 Å². The van der Waals surface area contributed by atoms with Gasteiger partial charge in [0, 0.05) is 23.4 Å². The Morgan fingerprint density at radius 3 is 2.68 bits per heavy atom. The fourth-order valence-corrected chi connectivity index (χ4v) is 3.76. The van der Waals surface area contributed by atoms with Gasteiger partial charge in [-0.2, -0.15) is 4.98 Å². The number of amides is 1. The summed E-state index contributed by atoms with van der Waals surface area (Å²) in [4.78, 5) is 30.5. The summed E-state index contributed by atoms with van der Waals surface area (Å²) in [6, 6.07) is 11.8. The van der Waals surface area contributed by atoms with E-state index in [4.69, 9.17) is 0 Å². The van der Waals surface area contributed by atoms with Gasteiger partial charge in [0.1, 0.15) is 11.5 Å². The van der Waals surface area contributed by atoms with E-state index in [2.05, 4.69) is 10.3 Å². The number of pyridine rings is 1. The molecule has 1 atom stereocenters. The summed E-state index contributed by atoms with van der Waals surface area (Å²) in [5.41, 5.74) is 2.70. The molecule has 0 unspecified atom stereocenters. The lowest BCUT2D eigenvalue weighted by atomic mass is 9.87. The third-order valence-corrected chi connectivity index (χ3v) is 5.35. The summed E-state index contributed by atoms with van der Waals surface area (Å²) >= 11 is 1.66. The van der Waals surface area contributed by atoms with Crippen LogP contribution in [0, 0.1) is 6.92 Å². The number of hydrogen-bond acceptors (Lipinski definition) is 4. The predicted octanol–water partition coefficient (Wildman–Crippen LogP) is 3.20. The van der Waals surface area contributed by atoms with Gasteiger partial charge in [0.15, 0.2) is 0 Å². The zero-order valence-corrected chi connectivity index (χ0v) is 14.8. The maximum atomic E-state index is 12.8. The minimum atomic E-state index is -0.280. The highest BCUT2D eigenvalue weighted by molar-refractivity contribution is 7.98. The lowest BCUT2D eigenvalue weighted by Gasteiger charge is -2.26. The number of rotatable bonds is 2. The number of fused-ring (bicyclic) bond motifs is 3. The van der Waals surface area contributed by atoms with Crippen molar-refractivity contribution in [1.29, 1.82) is 0 Å². The molecule has 3 aromatic rings. The number of thioether (sulfide) groups is 1. The zero-order chi connectivity index (χ0) is 17.6. The van der Waals surface area contributed by atoms with Crippen LogP contribution in [0.15, 0.2) is 52.3 Å². The quantitative estimate of drug-likeness (QED) is 0.720. The highest BCUT2D eigenvalue weighted by atomic mass is 32.2. The summed E-state index contributed by atoms with van der Waals surface area (Å²) in [5, 5.41) is 2.87. The molecule has 4 rings (SSSR count). The molecule has 0 saturated carbocycles. The SMILES string of the molecule is CSc1ccc([C@H]2CC(=O)Nc3c2c(=O)nc2c(C)cccn32)cc1. The molecular formula is C19H17N3O2S. The summed E-state index contributed by atoms with van der Waals surface area (Å²) in [5.74, 6) is 0.165. The molecule has 0 radical (unpaired) electrons. The molecule has 0 aliphatic carbocycles. The second kappa shape index (κ2) is 6.04. The molecule has 0 fully saturated rings. The average molecular weight is 351 g/mol. The Labute approximate surface area is 149 Å². The number of anilines is 1. The molecule has 3 heterocycles. The minimum Gasteiger partial charge on any atom is -0.311 e. The van der Waals surface area contributed by atoms with Crippen LogP contribution in [0.3, 0.4) is 0 Å². The Balaban J connectivity index is 1.96. The van der Waals surface area contributed by atoms with Crippen molar-refractivity contribution in [2.75, 3.05) is 11.6 Å². The maximum Gasteiger partial charge on any atom is 0.279 e. The van der Waals surface area contributed by atoms with Crippen LogP contribution >= 0.6 is 11.8 Å². The topological polar surface area (TPSA) is 63.5 Å². The number of nitrogens with zero attached hydrogens (tertiary/aromatic N) is 2. The van der Waals surface area contributed by atoms with Crippen molar-refractivity contribution < 1.29 is 4.79 Å². The van der Waals surface area contributed by atoms with Gasteiger partial charge in [-0.3, -0.25) is 14.0 Å². The first-order valence-electron chi connectivity index (χ1n) is 8.04. The molecule has 1 N–H and O–H groups in total. The van der Waals surface area contributed by atoms with Crippen LogP contribution in [-0.2, 0) is 4.79 Å². The third-order valence-electron chi connectivity index (χ3n) is 4.61. The molecule has 25 heavy (non-hydrogen) atoms. The Bertz CT molecular complexity index is 1040. The fraction of sp³-hybridized carbons (Fsp3) is 0.211. The van der Waals surface area contributed by atoms with Crippen LogP contribution < -0.4 is 10.9 Å².